The van der Waals surface area contributed by atoms with Gasteiger partial charge in [-0.3, -0.25) is 9.88 Å². The maximum Gasteiger partial charge on any atom is 0.122 e. The minimum Gasteiger partial charge on any atom is -0.468 e. The van der Waals surface area contributed by atoms with E-state index < -0.39 is 0 Å². The SMILES string of the molecule is CNCc1ccoc1CN(C)Cc1ccncc1. The molecule has 2 aromatic heterocycles. The van der Waals surface area contributed by atoms with Crippen LogP contribution in [0.1, 0.15) is 16.9 Å². The summed E-state index contributed by atoms with van der Waals surface area (Å²) in [6.45, 7) is 2.55. The standard InChI is InChI=1S/C14H19N3O/c1-15-9-13-5-8-18-14(13)11-17(2)10-12-3-6-16-7-4-12/h3-8,15H,9-11H2,1-2H3. The van der Waals surface area contributed by atoms with Crippen molar-refractivity contribution in [3.05, 3.63) is 53.7 Å². The van der Waals surface area contributed by atoms with Crippen molar-refractivity contribution >= 4 is 0 Å². The molecule has 0 aromatic carbocycles. The summed E-state index contributed by atoms with van der Waals surface area (Å²) in [4.78, 5) is 6.25. The normalized spacial score (nSPS) is 11.1. The van der Waals surface area contributed by atoms with Gasteiger partial charge < -0.3 is 9.73 Å². The lowest BCUT2D eigenvalue weighted by molar-refractivity contribution is 0.286. The Morgan fingerprint density at radius 1 is 1.22 bits per heavy atom. The Bertz CT molecular complexity index is 467. The van der Waals surface area contributed by atoms with Crippen LogP contribution in [0.2, 0.25) is 0 Å². The first-order valence-electron chi connectivity index (χ1n) is 6.07. The van der Waals surface area contributed by atoms with Gasteiger partial charge >= 0.3 is 0 Å². The molecule has 96 valence electrons. The molecule has 0 saturated heterocycles. The molecule has 0 atom stereocenters. The maximum absolute atomic E-state index is 5.53. The van der Waals surface area contributed by atoms with E-state index in [1.165, 1.54) is 11.1 Å². The molecule has 0 bridgehead atoms. The van der Waals surface area contributed by atoms with Crippen molar-refractivity contribution in [3.63, 3.8) is 0 Å². The van der Waals surface area contributed by atoms with E-state index >= 15 is 0 Å². The van der Waals surface area contributed by atoms with E-state index in [-0.39, 0.29) is 0 Å². The zero-order valence-electron chi connectivity index (χ0n) is 10.9. The molecular formula is C14H19N3O. The minimum atomic E-state index is 0.812. The Morgan fingerprint density at radius 3 is 2.72 bits per heavy atom. The Balaban J connectivity index is 1.94. The van der Waals surface area contributed by atoms with E-state index in [0.29, 0.717) is 0 Å². The van der Waals surface area contributed by atoms with Crippen molar-refractivity contribution in [1.82, 2.24) is 15.2 Å². The summed E-state index contributed by atoms with van der Waals surface area (Å²) < 4.78 is 5.53. The number of aromatic nitrogens is 1. The van der Waals surface area contributed by atoms with Crippen LogP contribution in [-0.4, -0.2) is 24.0 Å². The molecular weight excluding hydrogens is 226 g/mol. The molecule has 1 N–H and O–H groups in total. The lowest BCUT2D eigenvalue weighted by atomic mass is 10.2. The summed E-state index contributed by atoms with van der Waals surface area (Å²) in [5, 5.41) is 3.15. The minimum absolute atomic E-state index is 0.812. The molecule has 0 radical (unpaired) electrons. The van der Waals surface area contributed by atoms with Crippen molar-refractivity contribution < 1.29 is 4.42 Å². The molecule has 4 heteroatoms. The van der Waals surface area contributed by atoms with Crippen molar-refractivity contribution in [2.75, 3.05) is 14.1 Å². The molecule has 0 aliphatic rings. The first-order valence-corrected chi connectivity index (χ1v) is 6.07. The zero-order chi connectivity index (χ0) is 12.8. The summed E-state index contributed by atoms with van der Waals surface area (Å²) in [5.74, 6) is 1.03. The first kappa shape index (κ1) is 12.8. The van der Waals surface area contributed by atoms with Gasteiger partial charge in [0.2, 0.25) is 0 Å². The van der Waals surface area contributed by atoms with Crippen molar-refractivity contribution in [2.24, 2.45) is 0 Å². The van der Waals surface area contributed by atoms with E-state index in [1.54, 1.807) is 6.26 Å². The lowest BCUT2D eigenvalue weighted by Gasteiger charge is -2.16. The van der Waals surface area contributed by atoms with E-state index in [2.05, 4.69) is 22.2 Å². The van der Waals surface area contributed by atoms with Gasteiger partial charge in [-0.25, -0.2) is 0 Å². The number of rotatable bonds is 6. The van der Waals surface area contributed by atoms with Crippen LogP contribution in [0.5, 0.6) is 0 Å². The van der Waals surface area contributed by atoms with Gasteiger partial charge in [-0.05, 0) is 37.9 Å². The number of pyridine rings is 1. The van der Waals surface area contributed by atoms with Crippen molar-refractivity contribution in [1.29, 1.82) is 0 Å². The molecule has 18 heavy (non-hydrogen) atoms. The highest BCUT2D eigenvalue weighted by Crippen LogP contribution is 2.13. The van der Waals surface area contributed by atoms with E-state index in [9.17, 15) is 0 Å². The highest BCUT2D eigenvalue weighted by Gasteiger charge is 2.09. The molecule has 4 nitrogen and oxygen atoms in total. The number of hydrogen-bond donors (Lipinski definition) is 1. The maximum atomic E-state index is 5.53. The summed E-state index contributed by atoms with van der Waals surface area (Å²) in [6.07, 6.45) is 5.40. The van der Waals surface area contributed by atoms with E-state index in [1.807, 2.05) is 37.6 Å². The smallest absolute Gasteiger partial charge is 0.122 e. The first-order chi connectivity index (χ1) is 8.79. The Labute approximate surface area is 108 Å². The third kappa shape index (κ3) is 3.42. The third-order valence-electron chi connectivity index (χ3n) is 2.82. The van der Waals surface area contributed by atoms with Gasteiger partial charge in [0, 0.05) is 31.0 Å². The molecule has 0 amide bonds. The van der Waals surface area contributed by atoms with Crippen molar-refractivity contribution in [2.45, 2.75) is 19.6 Å². The summed E-state index contributed by atoms with van der Waals surface area (Å²) in [7, 11) is 4.03. The van der Waals surface area contributed by atoms with Crippen LogP contribution in [0.25, 0.3) is 0 Å². The van der Waals surface area contributed by atoms with Gasteiger partial charge in [0.05, 0.1) is 12.8 Å². The average Bonchev–Trinajstić information content (AvgIpc) is 2.78. The number of hydrogen-bond acceptors (Lipinski definition) is 4. The molecule has 2 rings (SSSR count). The molecule has 2 aromatic rings. The molecule has 0 spiro atoms. The van der Waals surface area contributed by atoms with Crippen LogP contribution in [-0.2, 0) is 19.6 Å². The van der Waals surface area contributed by atoms with Crippen LogP contribution in [0.15, 0.2) is 41.3 Å². The highest BCUT2D eigenvalue weighted by molar-refractivity contribution is 5.17. The van der Waals surface area contributed by atoms with Crippen LogP contribution in [0.4, 0.5) is 0 Å². The third-order valence-corrected chi connectivity index (χ3v) is 2.82. The van der Waals surface area contributed by atoms with E-state index in [4.69, 9.17) is 4.42 Å². The second kappa shape index (κ2) is 6.33. The predicted molar refractivity (Wildman–Crippen MR) is 70.9 cm³/mol. The largest absolute Gasteiger partial charge is 0.468 e. The van der Waals surface area contributed by atoms with Gasteiger partial charge in [-0.2, -0.15) is 0 Å². The van der Waals surface area contributed by atoms with Crippen LogP contribution < -0.4 is 5.32 Å². The van der Waals surface area contributed by atoms with Gasteiger partial charge in [0.1, 0.15) is 5.76 Å². The fourth-order valence-electron chi connectivity index (χ4n) is 1.95. The molecule has 0 aliphatic heterocycles. The van der Waals surface area contributed by atoms with Crippen LogP contribution >= 0.6 is 0 Å². The lowest BCUT2D eigenvalue weighted by Crippen LogP contribution is -2.18. The van der Waals surface area contributed by atoms with Crippen LogP contribution in [0, 0.1) is 0 Å². The number of nitrogens with zero attached hydrogens (tertiary/aromatic N) is 2. The van der Waals surface area contributed by atoms with E-state index in [0.717, 1.165) is 25.4 Å². The average molecular weight is 245 g/mol. The Morgan fingerprint density at radius 2 is 2.00 bits per heavy atom. The van der Waals surface area contributed by atoms with Gasteiger partial charge in [0.15, 0.2) is 0 Å². The Kier molecular flexibility index (Phi) is 4.50. The summed E-state index contributed by atoms with van der Waals surface area (Å²) >= 11 is 0. The molecule has 0 aliphatic carbocycles. The zero-order valence-corrected chi connectivity index (χ0v) is 10.9. The van der Waals surface area contributed by atoms with Gasteiger partial charge in [0.25, 0.3) is 0 Å². The van der Waals surface area contributed by atoms with Gasteiger partial charge in [-0.15, -0.1) is 0 Å². The molecule has 0 saturated carbocycles. The Hall–Kier alpha value is -1.65. The topological polar surface area (TPSA) is 41.3 Å². The van der Waals surface area contributed by atoms with Crippen LogP contribution in [0.3, 0.4) is 0 Å². The highest BCUT2D eigenvalue weighted by atomic mass is 16.3. The van der Waals surface area contributed by atoms with Crippen molar-refractivity contribution in [3.8, 4) is 0 Å². The fourth-order valence-corrected chi connectivity index (χ4v) is 1.95. The monoisotopic (exact) mass is 245 g/mol. The fraction of sp³-hybridized carbons (Fsp3) is 0.357. The second-order valence-electron chi connectivity index (χ2n) is 4.43. The predicted octanol–water partition coefficient (Wildman–Crippen LogP) is 2.03. The molecule has 0 unspecified atom stereocenters. The second-order valence-corrected chi connectivity index (χ2v) is 4.43. The number of nitrogens with one attached hydrogen (secondary N) is 1. The van der Waals surface area contributed by atoms with Gasteiger partial charge in [-0.1, -0.05) is 0 Å². The summed E-state index contributed by atoms with van der Waals surface area (Å²) in [5.41, 5.74) is 2.48. The molecule has 0 fully saturated rings. The number of furan rings is 1. The summed E-state index contributed by atoms with van der Waals surface area (Å²) in [6, 6.07) is 6.09. The molecule has 2 heterocycles. The quantitative estimate of drug-likeness (QED) is 0.845.